The van der Waals surface area contributed by atoms with Crippen molar-refractivity contribution in [3.8, 4) is 23.5 Å². The molecule has 8 nitrogen and oxygen atoms in total. The van der Waals surface area contributed by atoms with Crippen LogP contribution in [0.2, 0.25) is 0 Å². The molecule has 0 aliphatic carbocycles. The molecule has 0 aliphatic heterocycles. The highest BCUT2D eigenvalue weighted by Crippen LogP contribution is 2.18. The monoisotopic (exact) mass is 325 g/mol. The van der Waals surface area contributed by atoms with Crippen LogP contribution in [0.1, 0.15) is 11.5 Å². The van der Waals surface area contributed by atoms with Gasteiger partial charge in [-0.15, -0.1) is 10.2 Å². The van der Waals surface area contributed by atoms with Gasteiger partial charge < -0.3 is 18.3 Å². The fourth-order valence-electron chi connectivity index (χ4n) is 1.76. The maximum atomic E-state index is 11.6. The molecule has 24 heavy (non-hydrogen) atoms. The minimum atomic E-state index is -0.586. The van der Waals surface area contributed by atoms with Crippen LogP contribution in [0.5, 0.6) is 5.75 Å². The molecule has 0 saturated heterocycles. The fourth-order valence-corrected chi connectivity index (χ4v) is 1.76. The number of aromatic nitrogens is 2. The first-order valence-electron chi connectivity index (χ1n) is 6.89. The first-order chi connectivity index (χ1) is 11.7. The summed E-state index contributed by atoms with van der Waals surface area (Å²) in [5.74, 6) is 0.665. The lowest BCUT2D eigenvalue weighted by molar-refractivity contribution is -0.148. The molecular weight excluding hydrogens is 314 g/mol. The molecule has 0 atom stereocenters. The molecule has 2 aromatic heterocycles. The van der Waals surface area contributed by atoms with Gasteiger partial charge in [-0.1, -0.05) is 0 Å². The molecule has 0 unspecified atom stereocenters. The van der Waals surface area contributed by atoms with E-state index >= 15 is 0 Å². The summed E-state index contributed by atoms with van der Waals surface area (Å²) >= 11 is 0. The molecule has 0 aliphatic rings. The average Bonchev–Trinajstić information content (AvgIpc) is 3.29. The van der Waals surface area contributed by atoms with E-state index in [1.165, 1.54) is 6.26 Å². The van der Waals surface area contributed by atoms with Gasteiger partial charge in [0.25, 0.3) is 11.8 Å². The number of hydrogen-bond donors (Lipinski definition) is 0. The van der Waals surface area contributed by atoms with Crippen LogP contribution in [-0.4, -0.2) is 22.8 Å². The molecule has 0 N–H and O–H groups in total. The molecule has 0 saturated carbocycles. The molecule has 0 radical (unpaired) electrons. The van der Waals surface area contributed by atoms with Gasteiger partial charge in [0.15, 0.2) is 19.0 Å². The van der Waals surface area contributed by atoms with Crippen molar-refractivity contribution in [2.45, 2.75) is 6.61 Å². The van der Waals surface area contributed by atoms with Crippen LogP contribution in [0.15, 0.2) is 51.5 Å². The molecule has 3 aromatic rings. The van der Waals surface area contributed by atoms with E-state index < -0.39 is 5.97 Å². The first kappa shape index (κ1) is 15.3. The standard InChI is InChI=1S/C16H11N3O5/c17-8-11-3-5-12(6-4-11)22-10-15(20)23-9-14-18-19-16(24-14)13-2-1-7-21-13/h1-7H,9-10H2. The Balaban J connectivity index is 1.46. The van der Waals surface area contributed by atoms with Crippen molar-refractivity contribution in [1.29, 1.82) is 5.26 Å². The Labute approximate surface area is 136 Å². The minimum Gasteiger partial charge on any atom is -0.482 e. The molecule has 2 heterocycles. The third-order valence-corrected chi connectivity index (χ3v) is 2.90. The van der Waals surface area contributed by atoms with Gasteiger partial charge in [0.05, 0.1) is 17.9 Å². The van der Waals surface area contributed by atoms with Crippen molar-refractivity contribution in [3.05, 3.63) is 54.1 Å². The number of furan rings is 1. The zero-order valence-corrected chi connectivity index (χ0v) is 12.3. The Morgan fingerprint density at radius 2 is 2.04 bits per heavy atom. The van der Waals surface area contributed by atoms with Gasteiger partial charge in [0.1, 0.15) is 5.75 Å². The van der Waals surface area contributed by atoms with Crippen LogP contribution in [0.4, 0.5) is 0 Å². The number of nitriles is 1. The van der Waals surface area contributed by atoms with Gasteiger partial charge in [0.2, 0.25) is 0 Å². The van der Waals surface area contributed by atoms with E-state index in [0.717, 1.165) is 0 Å². The van der Waals surface area contributed by atoms with E-state index in [2.05, 4.69) is 10.2 Å². The van der Waals surface area contributed by atoms with E-state index in [1.54, 1.807) is 36.4 Å². The zero-order chi connectivity index (χ0) is 16.8. The summed E-state index contributed by atoms with van der Waals surface area (Å²) in [6, 6.07) is 11.7. The number of nitrogens with zero attached hydrogens (tertiary/aromatic N) is 3. The van der Waals surface area contributed by atoms with E-state index in [0.29, 0.717) is 17.1 Å². The van der Waals surface area contributed by atoms with Crippen LogP contribution in [0, 0.1) is 11.3 Å². The predicted molar refractivity (Wildman–Crippen MR) is 78.4 cm³/mol. The highest BCUT2D eigenvalue weighted by Gasteiger charge is 2.13. The smallest absolute Gasteiger partial charge is 0.344 e. The Kier molecular flexibility index (Phi) is 4.53. The lowest BCUT2D eigenvalue weighted by Crippen LogP contribution is -2.14. The van der Waals surface area contributed by atoms with Gasteiger partial charge in [-0.25, -0.2) is 4.79 Å². The van der Waals surface area contributed by atoms with Gasteiger partial charge >= 0.3 is 5.97 Å². The predicted octanol–water partition coefficient (Wildman–Crippen LogP) is 2.32. The van der Waals surface area contributed by atoms with Crippen molar-refractivity contribution >= 4 is 5.97 Å². The van der Waals surface area contributed by atoms with Crippen molar-refractivity contribution in [2.75, 3.05) is 6.61 Å². The Morgan fingerprint density at radius 1 is 1.21 bits per heavy atom. The van der Waals surface area contributed by atoms with Crippen molar-refractivity contribution in [1.82, 2.24) is 10.2 Å². The second-order valence-electron chi connectivity index (χ2n) is 4.56. The number of benzene rings is 1. The fraction of sp³-hybridized carbons (Fsp3) is 0.125. The zero-order valence-electron chi connectivity index (χ0n) is 12.3. The highest BCUT2D eigenvalue weighted by molar-refractivity contribution is 5.71. The molecule has 0 bridgehead atoms. The van der Waals surface area contributed by atoms with Crippen molar-refractivity contribution in [3.63, 3.8) is 0 Å². The van der Waals surface area contributed by atoms with E-state index in [1.807, 2.05) is 6.07 Å². The quantitative estimate of drug-likeness (QED) is 0.635. The topological polar surface area (TPSA) is 111 Å². The van der Waals surface area contributed by atoms with Gasteiger partial charge in [-0.3, -0.25) is 0 Å². The van der Waals surface area contributed by atoms with Crippen LogP contribution < -0.4 is 4.74 Å². The molecule has 3 rings (SSSR count). The van der Waals surface area contributed by atoms with Crippen molar-refractivity contribution < 1.29 is 23.1 Å². The van der Waals surface area contributed by atoms with Crippen LogP contribution in [-0.2, 0) is 16.1 Å². The Bertz CT molecular complexity index is 847. The number of carbonyl (C=O) groups excluding carboxylic acids is 1. The normalized spacial score (nSPS) is 10.1. The van der Waals surface area contributed by atoms with Gasteiger partial charge in [-0.05, 0) is 36.4 Å². The van der Waals surface area contributed by atoms with Gasteiger partial charge in [-0.2, -0.15) is 5.26 Å². The summed E-state index contributed by atoms with van der Waals surface area (Å²) < 4.78 is 20.7. The number of esters is 1. The summed E-state index contributed by atoms with van der Waals surface area (Å²) in [4.78, 5) is 11.6. The summed E-state index contributed by atoms with van der Waals surface area (Å²) in [6.45, 7) is -0.436. The molecule has 0 amide bonds. The number of hydrogen-bond acceptors (Lipinski definition) is 8. The SMILES string of the molecule is N#Cc1ccc(OCC(=O)OCc2nnc(-c3ccco3)o2)cc1. The molecule has 8 heteroatoms. The Hall–Kier alpha value is -3.60. The van der Waals surface area contributed by atoms with E-state index in [-0.39, 0.29) is 25.0 Å². The summed E-state index contributed by atoms with van der Waals surface area (Å²) in [7, 11) is 0. The largest absolute Gasteiger partial charge is 0.482 e. The van der Waals surface area contributed by atoms with Crippen LogP contribution >= 0.6 is 0 Å². The maximum absolute atomic E-state index is 11.6. The van der Waals surface area contributed by atoms with Crippen molar-refractivity contribution in [2.24, 2.45) is 0 Å². The molecule has 0 fully saturated rings. The summed E-state index contributed by atoms with van der Waals surface area (Å²) in [6.07, 6.45) is 1.49. The average molecular weight is 325 g/mol. The second-order valence-corrected chi connectivity index (χ2v) is 4.56. The lowest BCUT2D eigenvalue weighted by Gasteiger charge is -2.05. The Morgan fingerprint density at radius 3 is 2.75 bits per heavy atom. The molecule has 120 valence electrons. The lowest BCUT2D eigenvalue weighted by atomic mass is 10.2. The number of ether oxygens (including phenoxy) is 2. The second kappa shape index (κ2) is 7.11. The van der Waals surface area contributed by atoms with Gasteiger partial charge in [0, 0.05) is 0 Å². The number of rotatable bonds is 6. The van der Waals surface area contributed by atoms with Crippen LogP contribution in [0.3, 0.4) is 0 Å². The highest BCUT2D eigenvalue weighted by atomic mass is 16.6. The molecule has 1 aromatic carbocycles. The minimum absolute atomic E-state index is 0.146. The first-order valence-corrected chi connectivity index (χ1v) is 6.89. The maximum Gasteiger partial charge on any atom is 0.344 e. The third kappa shape index (κ3) is 3.78. The molecular formula is C16H11N3O5. The summed E-state index contributed by atoms with van der Waals surface area (Å²) in [5, 5.41) is 16.2. The summed E-state index contributed by atoms with van der Waals surface area (Å²) in [5.41, 5.74) is 0.508. The van der Waals surface area contributed by atoms with E-state index in [9.17, 15) is 4.79 Å². The third-order valence-electron chi connectivity index (χ3n) is 2.90. The molecule has 0 spiro atoms. The van der Waals surface area contributed by atoms with E-state index in [4.69, 9.17) is 23.6 Å². The van der Waals surface area contributed by atoms with Crippen LogP contribution in [0.25, 0.3) is 11.7 Å². The number of carbonyl (C=O) groups is 1.